The Labute approximate surface area is 209 Å². The van der Waals surface area contributed by atoms with Crippen LogP contribution in [0.15, 0.2) is 60.8 Å². The zero-order chi connectivity index (χ0) is 25.2. The Bertz CT molecular complexity index is 1310. The van der Waals surface area contributed by atoms with Gasteiger partial charge in [0.15, 0.2) is 0 Å². The molecule has 0 spiro atoms. The molecule has 0 saturated carbocycles. The SMILES string of the molecule is CCCCn1c(Nc2cccnc2Oc2ccccc2C(C)(C)C)nc2cc(C(C)(C)C)ccc21. The van der Waals surface area contributed by atoms with Gasteiger partial charge in [0.2, 0.25) is 11.8 Å². The molecule has 5 nitrogen and oxygen atoms in total. The predicted octanol–water partition coefficient (Wildman–Crippen LogP) is 8.36. The standard InChI is InChI=1S/C30H38N4O/c1-8-9-19-34-25-17-16-21(29(2,3)4)20-24(25)33-28(34)32-23-14-12-18-31-27(23)35-26-15-11-10-13-22(26)30(5,6)7/h10-18,20H,8-9,19H2,1-7H3,(H,32,33). The van der Waals surface area contributed by atoms with Crippen LogP contribution >= 0.6 is 0 Å². The second-order valence-electron chi connectivity index (χ2n) is 11.2. The Kier molecular flexibility index (Phi) is 6.88. The second kappa shape index (κ2) is 9.73. The van der Waals surface area contributed by atoms with Crippen molar-refractivity contribution in [1.29, 1.82) is 0 Å². The largest absolute Gasteiger partial charge is 0.437 e. The van der Waals surface area contributed by atoms with E-state index in [-0.39, 0.29) is 10.8 Å². The molecule has 35 heavy (non-hydrogen) atoms. The molecule has 0 aliphatic carbocycles. The Morgan fingerprint density at radius 1 is 0.914 bits per heavy atom. The third-order valence-electron chi connectivity index (χ3n) is 6.27. The van der Waals surface area contributed by atoms with Gasteiger partial charge in [0.25, 0.3) is 0 Å². The molecule has 5 heteroatoms. The van der Waals surface area contributed by atoms with Crippen LogP contribution in [0.4, 0.5) is 11.6 Å². The van der Waals surface area contributed by atoms with Crippen molar-refractivity contribution < 1.29 is 4.74 Å². The van der Waals surface area contributed by atoms with Crippen LogP contribution in [0.2, 0.25) is 0 Å². The van der Waals surface area contributed by atoms with E-state index >= 15 is 0 Å². The van der Waals surface area contributed by atoms with E-state index in [0.717, 1.165) is 53.4 Å². The highest BCUT2D eigenvalue weighted by molar-refractivity contribution is 5.81. The molecule has 0 radical (unpaired) electrons. The van der Waals surface area contributed by atoms with Gasteiger partial charge in [-0.1, -0.05) is 79.2 Å². The van der Waals surface area contributed by atoms with Gasteiger partial charge in [-0.25, -0.2) is 9.97 Å². The van der Waals surface area contributed by atoms with E-state index < -0.39 is 0 Å². The summed E-state index contributed by atoms with van der Waals surface area (Å²) in [7, 11) is 0. The normalized spacial score (nSPS) is 12.2. The lowest BCUT2D eigenvalue weighted by Gasteiger charge is -2.22. The molecular formula is C30H38N4O. The fourth-order valence-corrected chi connectivity index (χ4v) is 4.20. The summed E-state index contributed by atoms with van der Waals surface area (Å²) >= 11 is 0. The number of para-hydroxylation sites is 1. The molecule has 0 aliphatic heterocycles. The number of anilines is 2. The molecule has 0 unspecified atom stereocenters. The number of aromatic nitrogens is 3. The fraction of sp³-hybridized carbons (Fsp3) is 0.400. The van der Waals surface area contributed by atoms with E-state index in [4.69, 9.17) is 9.72 Å². The van der Waals surface area contributed by atoms with Gasteiger partial charge in [-0.3, -0.25) is 0 Å². The second-order valence-corrected chi connectivity index (χ2v) is 11.2. The predicted molar refractivity (Wildman–Crippen MR) is 146 cm³/mol. The van der Waals surface area contributed by atoms with Gasteiger partial charge in [0.05, 0.1) is 11.0 Å². The van der Waals surface area contributed by atoms with Gasteiger partial charge in [0.1, 0.15) is 11.4 Å². The van der Waals surface area contributed by atoms with Crippen LogP contribution in [-0.2, 0) is 17.4 Å². The zero-order valence-corrected chi connectivity index (χ0v) is 22.1. The molecule has 0 atom stereocenters. The molecular weight excluding hydrogens is 432 g/mol. The summed E-state index contributed by atoms with van der Waals surface area (Å²) in [5.74, 6) is 2.16. The number of nitrogens with one attached hydrogen (secondary N) is 1. The van der Waals surface area contributed by atoms with Crippen molar-refractivity contribution in [3.05, 3.63) is 71.9 Å². The van der Waals surface area contributed by atoms with Gasteiger partial charge in [-0.05, 0) is 53.1 Å². The van der Waals surface area contributed by atoms with Crippen LogP contribution in [0.1, 0.15) is 72.4 Å². The number of unbranched alkanes of at least 4 members (excludes halogenated alkanes) is 1. The van der Waals surface area contributed by atoms with Gasteiger partial charge < -0.3 is 14.6 Å². The number of pyridine rings is 1. The van der Waals surface area contributed by atoms with Crippen molar-refractivity contribution in [2.45, 2.75) is 78.7 Å². The first kappa shape index (κ1) is 24.8. The number of hydrogen-bond donors (Lipinski definition) is 1. The van der Waals surface area contributed by atoms with E-state index in [1.165, 1.54) is 5.56 Å². The van der Waals surface area contributed by atoms with Crippen LogP contribution < -0.4 is 10.1 Å². The number of nitrogens with zero attached hydrogens (tertiary/aromatic N) is 3. The average molecular weight is 471 g/mol. The Morgan fingerprint density at radius 3 is 2.40 bits per heavy atom. The lowest BCUT2D eigenvalue weighted by molar-refractivity contribution is 0.442. The molecule has 2 heterocycles. The first-order chi connectivity index (χ1) is 16.6. The van der Waals surface area contributed by atoms with E-state index in [9.17, 15) is 0 Å². The Balaban J connectivity index is 1.73. The van der Waals surface area contributed by atoms with Crippen molar-refractivity contribution in [1.82, 2.24) is 14.5 Å². The minimum absolute atomic E-state index is 0.0438. The van der Waals surface area contributed by atoms with Crippen molar-refractivity contribution in [2.75, 3.05) is 5.32 Å². The summed E-state index contributed by atoms with van der Waals surface area (Å²) in [5, 5.41) is 3.54. The van der Waals surface area contributed by atoms with Gasteiger partial charge in [0, 0.05) is 18.3 Å². The van der Waals surface area contributed by atoms with E-state index in [2.05, 4.69) is 87.6 Å². The monoisotopic (exact) mass is 470 g/mol. The van der Waals surface area contributed by atoms with E-state index in [1.54, 1.807) is 6.20 Å². The minimum Gasteiger partial charge on any atom is -0.437 e. The van der Waals surface area contributed by atoms with E-state index in [1.807, 2.05) is 30.3 Å². The Hall–Kier alpha value is -3.34. The number of fused-ring (bicyclic) bond motifs is 1. The summed E-state index contributed by atoms with van der Waals surface area (Å²) in [6.45, 7) is 16.4. The molecule has 2 aromatic carbocycles. The first-order valence-corrected chi connectivity index (χ1v) is 12.6. The molecule has 0 amide bonds. The number of rotatable bonds is 7. The molecule has 0 bridgehead atoms. The van der Waals surface area contributed by atoms with Crippen molar-refractivity contribution >= 4 is 22.7 Å². The summed E-state index contributed by atoms with van der Waals surface area (Å²) in [4.78, 5) is 9.57. The molecule has 2 aromatic heterocycles. The van der Waals surface area contributed by atoms with Crippen LogP contribution in [0.5, 0.6) is 11.6 Å². The molecule has 4 rings (SSSR count). The highest BCUT2D eigenvalue weighted by Gasteiger charge is 2.21. The van der Waals surface area contributed by atoms with Gasteiger partial charge in [-0.15, -0.1) is 0 Å². The number of benzene rings is 2. The number of hydrogen-bond acceptors (Lipinski definition) is 4. The summed E-state index contributed by atoms with van der Waals surface area (Å²) in [5.41, 5.74) is 5.37. The van der Waals surface area contributed by atoms with Crippen molar-refractivity contribution in [2.24, 2.45) is 0 Å². The smallest absolute Gasteiger partial charge is 0.243 e. The zero-order valence-electron chi connectivity index (χ0n) is 22.1. The average Bonchev–Trinajstić information content (AvgIpc) is 3.14. The molecule has 184 valence electrons. The highest BCUT2D eigenvalue weighted by Crippen LogP contribution is 2.37. The maximum absolute atomic E-state index is 6.39. The number of ether oxygens (including phenoxy) is 1. The molecule has 0 aliphatic rings. The molecule has 0 saturated heterocycles. The van der Waals surface area contributed by atoms with Crippen LogP contribution in [0, 0.1) is 0 Å². The minimum atomic E-state index is -0.0438. The number of imidazole rings is 1. The van der Waals surface area contributed by atoms with Crippen molar-refractivity contribution in [3.8, 4) is 11.6 Å². The molecule has 0 fully saturated rings. The topological polar surface area (TPSA) is 52.0 Å². The van der Waals surface area contributed by atoms with E-state index in [0.29, 0.717) is 5.88 Å². The molecule has 4 aromatic rings. The maximum Gasteiger partial charge on any atom is 0.243 e. The molecule has 1 N–H and O–H groups in total. The summed E-state index contributed by atoms with van der Waals surface area (Å²) < 4.78 is 8.66. The number of aryl methyl sites for hydroxylation is 1. The quantitative estimate of drug-likeness (QED) is 0.295. The highest BCUT2D eigenvalue weighted by atomic mass is 16.5. The maximum atomic E-state index is 6.39. The summed E-state index contributed by atoms with van der Waals surface area (Å²) in [6, 6.07) is 18.7. The van der Waals surface area contributed by atoms with Crippen LogP contribution in [-0.4, -0.2) is 14.5 Å². The fourth-order valence-electron chi connectivity index (χ4n) is 4.20. The lowest BCUT2D eigenvalue weighted by Crippen LogP contribution is -2.12. The Morgan fingerprint density at radius 2 is 1.69 bits per heavy atom. The van der Waals surface area contributed by atoms with Crippen molar-refractivity contribution in [3.63, 3.8) is 0 Å². The van der Waals surface area contributed by atoms with Gasteiger partial charge in [-0.2, -0.15) is 0 Å². The van der Waals surface area contributed by atoms with Gasteiger partial charge >= 0.3 is 0 Å². The van der Waals surface area contributed by atoms with Crippen LogP contribution in [0.25, 0.3) is 11.0 Å². The summed E-state index contributed by atoms with van der Waals surface area (Å²) in [6.07, 6.45) is 3.95. The first-order valence-electron chi connectivity index (χ1n) is 12.6. The lowest BCUT2D eigenvalue weighted by atomic mass is 9.86. The van der Waals surface area contributed by atoms with Crippen LogP contribution in [0.3, 0.4) is 0 Å². The third kappa shape index (κ3) is 5.50. The third-order valence-corrected chi connectivity index (χ3v) is 6.27.